The number of halogens is 3. The molecule has 4 nitrogen and oxygen atoms in total. The highest BCUT2D eigenvalue weighted by atomic mass is 19.4. The molecule has 0 N–H and O–H groups in total. The number of hydrogen-bond donors (Lipinski definition) is 0. The standard InChI is InChI=1S/C13H17F3N2O2/c14-13(15,16)9-5-4-8(7-9)12-17-11(18-20-12)10-3-1-2-6-19-10/h8-10H,1-7H2. The maximum absolute atomic E-state index is 12.7. The highest BCUT2D eigenvalue weighted by Crippen LogP contribution is 2.45. The van der Waals surface area contributed by atoms with Gasteiger partial charge in [0.25, 0.3) is 0 Å². The van der Waals surface area contributed by atoms with E-state index in [1.165, 1.54) is 0 Å². The van der Waals surface area contributed by atoms with Gasteiger partial charge in [-0.15, -0.1) is 0 Å². The monoisotopic (exact) mass is 290 g/mol. The Morgan fingerprint density at radius 3 is 2.60 bits per heavy atom. The van der Waals surface area contributed by atoms with Gasteiger partial charge in [-0.25, -0.2) is 0 Å². The summed E-state index contributed by atoms with van der Waals surface area (Å²) in [5, 5.41) is 3.88. The van der Waals surface area contributed by atoms with Gasteiger partial charge in [0.15, 0.2) is 0 Å². The van der Waals surface area contributed by atoms with Gasteiger partial charge in [-0.2, -0.15) is 18.2 Å². The van der Waals surface area contributed by atoms with Crippen molar-refractivity contribution in [1.29, 1.82) is 0 Å². The molecule has 1 aliphatic heterocycles. The summed E-state index contributed by atoms with van der Waals surface area (Å²) >= 11 is 0. The maximum atomic E-state index is 12.7. The summed E-state index contributed by atoms with van der Waals surface area (Å²) in [6, 6.07) is 0. The van der Waals surface area contributed by atoms with Crippen LogP contribution >= 0.6 is 0 Å². The van der Waals surface area contributed by atoms with Crippen molar-refractivity contribution >= 4 is 0 Å². The number of nitrogens with zero attached hydrogens (tertiary/aromatic N) is 2. The molecule has 2 fully saturated rings. The molecule has 0 radical (unpaired) electrons. The molecule has 1 saturated heterocycles. The van der Waals surface area contributed by atoms with E-state index in [1.54, 1.807) is 0 Å². The van der Waals surface area contributed by atoms with Crippen LogP contribution in [0.25, 0.3) is 0 Å². The first kappa shape index (κ1) is 13.9. The van der Waals surface area contributed by atoms with Crippen LogP contribution in [0.4, 0.5) is 13.2 Å². The minimum absolute atomic E-state index is 0.0522. The van der Waals surface area contributed by atoms with Crippen LogP contribution in [0.3, 0.4) is 0 Å². The Morgan fingerprint density at radius 1 is 1.10 bits per heavy atom. The van der Waals surface area contributed by atoms with Gasteiger partial charge in [0.2, 0.25) is 11.7 Å². The van der Waals surface area contributed by atoms with Crippen molar-refractivity contribution in [2.45, 2.75) is 56.7 Å². The van der Waals surface area contributed by atoms with E-state index in [1.807, 2.05) is 0 Å². The van der Waals surface area contributed by atoms with E-state index in [2.05, 4.69) is 10.1 Å². The molecule has 0 spiro atoms. The van der Waals surface area contributed by atoms with Crippen molar-refractivity contribution < 1.29 is 22.4 Å². The third-order valence-electron chi connectivity index (χ3n) is 4.17. The Hall–Kier alpha value is -1.11. The number of alkyl halides is 3. The minimum Gasteiger partial charge on any atom is -0.370 e. The third-order valence-corrected chi connectivity index (χ3v) is 4.17. The van der Waals surface area contributed by atoms with Gasteiger partial charge in [-0.3, -0.25) is 0 Å². The molecule has 1 saturated carbocycles. The average molecular weight is 290 g/mol. The first-order chi connectivity index (χ1) is 9.54. The number of hydrogen-bond acceptors (Lipinski definition) is 4. The van der Waals surface area contributed by atoms with Crippen LogP contribution in [0, 0.1) is 5.92 Å². The second-order valence-electron chi connectivity index (χ2n) is 5.59. The third kappa shape index (κ3) is 2.82. The predicted octanol–water partition coefficient (Wildman–Crippen LogP) is 3.76. The first-order valence-electron chi connectivity index (χ1n) is 7.06. The van der Waals surface area contributed by atoms with Crippen molar-refractivity contribution in [3.05, 3.63) is 11.7 Å². The number of ether oxygens (including phenoxy) is 1. The van der Waals surface area contributed by atoms with Gasteiger partial charge in [-0.05, 0) is 38.5 Å². The van der Waals surface area contributed by atoms with Crippen molar-refractivity contribution in [3.63, 3.8) is 0 Å². The topological polar surface area (TPSA) is 48.2 Å². The highest BCUT2D eigenvalue weighted by molar-refractivity contribution is 5.01. The van der Waals surface area contributed by atoms with Crippen molar-refractivity contribution in [2.75, 3.05) is 6.61 Å². The smallest absolute Gasteiger partial charge is 0.370 e. The van der Waals surface area contributed by atoms with E-state index in [9.17, 15) is 13.2 Å². The molecule has 3 rings (SSSR count). The summed E-state index contributed by atoms with van der Waals surface area (Å²) in [5.41, 5.74) is 0. The minimum atomic E-state index is -4.12. The normalized spacial score (nSPS) is 31.6. The van der Waals surface area contributed by atoms with Gasteiger partial charge in [-0.1, -0.05) is 5.16 Å². The largest absolute Gasteiger partial charge is 0.391 e. The molecule has 20 heavy (non-hydrogen) atoms. The van der Waals surface area contributed by atoms with E-state index in [-0.39, 0.29) is 24.9 Å². The molecular weight excluding hydrogens is 273 g/mol. The summed E-state index contributed by atoms with van der Waals surface area (Å²) in [5.74, 6) is -0.698. The van der Waals surface area contributed by atoms with E-state index in [0.717, 1.165) is 19.3 Å². The zero-order valence-electron chi connectivity index (χ0n) is 11.0. The molecule has 112 valence electrons. The van der Waals surface area contributed by atoms with E-state index < -0.39 is 12.1 Å². The zero-order chi connectivity index (χ0) is 14.2. The Balaban J connectivity index is 1.65. The van der Waals surface area contributed by atoms with Gasteiger partial charge in [0.1, 0.15) is 6.10 Å². The molecule has 0 aromatic carbocycles. The average Bonchev–Trinajstić information content (AvgIpc) is 3.08. The molecule has 7 heteroatoms. The van der Waals surface area contributed by atoms with Crippen LogP contribution in [-0.4, -0.2) is 22.9 Å². The molecule has 1 aromatic rings. The van der Waals surface area contributed by atoms with E-state index >= 15 is 0 Å². The maximum Gasteiger partial charge on any atom is 0.391 e. The first-order valence-corrected chi connectivity index (χ1v) is 7.06. The second-order valence-corrected chi connectivity index (χ2v) is 5.59. The van der Waals surface area contributed by atoms with E-state index in [0.29, 0.717) is 24.7 Å². The van der Waals surface area contributed by atoms with Crippen molar-refractivity contribution in [1.82, 2.24) is 10.1 Å². The summed E-state index contributed by atoms with van der Waals surface area (Å²) in [4.78, 5) is 4.26. The Kier molecular flexibility index (Phi) is 3.70. The summed E-state index contributed by atoms with van der Waals surface area (Å²) in [6.07, 6.45) is -0.717. The lowest BCUT2D eigenvalue weighted by molar-refractivity contribution is -0.172. The lowest BCUT2D eigenvalue weighted by atomic mass is 10.0. The van der Waals surface area contributed by atoms with E-state index in [4.69, 9.17) is 9.26 Å². The fourth-order valence-electron chi connectivity index (χ4n) is 2.99. The predicted molar refractivity (Wildman–Crippen MR) is 63.0 cm³/mol. The second kappa shape index (κ2) is 5.35. The quantitative estimate of drug-likeness (QED) is 0.832. The zero-order valence-corrected chi connectivity index (χ0v) is 11.0. The number of rotatable bonds is 2. The SMILES string of the molecule is FC(F)(F)C1CCC(c2nc(C3CCCCO3)no2)C1. The van der Waals surface area contributed by atoms with Gasteiger partial charge >= 0.3 is 6.18 Å². The Bertz CT molecular complexity index is 455. The lowest BCUT2D eigenvalue weighted by Crippen LogP contribution is -2.19. The van der Waals surface area contributed by atoms with Crippen LogP contribution in [-0.2, 0) is 4.74 Å². The van der Waals surface area contributed by atoms with Gasteiger partial charge < -0.3 is 9.26 Å². The van der Waals surface area contributed by atoms with Crippen LogP contribution in [0.1, 0.15) is 62.3 Å². The fourth-order valence-corrected chi connectivity index (χ4v) is 2.99. The summed E-state index contributed by atoms with van der Waals surface area (Å²) < 4.78 is 48.7. The lowest BCUT2D eigenvalue weighted by Gasteiger charge is -2.19. The molecule has 0 amide bonds. The fraction of sp³-hybridized carbons (Fsp3) is 0.846. The summed E-state index contributed by atoms with van der Waals surface area (Å²) in [7, 11) is 0. The van der Waals surface area contributed by atoms with Gasteiger partial charge in [0.05, 0.1) is 5.92 Å². The van der Waals surface area contributed by atoms with Crippen LogP contribution in [0.5, 0.6) is 0 Å². The Labute approximate surface area is 114 Å². The highest BCUT2D eigenvalue weighted by Gasteiger charge is 2.45. The molecular formula is C13H17F3N2O2. The van der Waals surface area contributed by atoms with Crippen molar-refractivity contribution in [2.24, 2.45) is 5.92 Å². The molecule has 2 heterocycles. The van der Waals surface area contributed by atoms with Crippen LogP contribution in [0.2, 0.25) is 0 Å². The molecule has 3 unspecified atom stereocenters. The summed E-state index contributed by atoms with van der Waals surface area (Å²) in [6.45, 7) is 0.675. The van der Waals surface area contributed by atoms with Crippen molar-refractivity contribution in [3.8, 4) is 0 Å². The van der Waals surface area contributed by atoms with Crippen LogP contribution in [0.15, 0.2) is 4.52 Å². The van der Waals surface area contributed by atoms with Gasteiger partial charge in [0, 0.05) is 12.5 Å². The number of aromatic nitrogens is 2. The molecule has 1 aromatic heterocycles. The molecule has 1 aliphatic carbocycles. The van der Waals surface area contributed by atoms with Crippen LogP contribution < -0.4 is 0 Å². The molecule has 3 atom stereocenters. The Morgan fingerprint density at radius 2 is 1.95 bits per heavy atom. The molecule has 2 aliphatic rings. The molecule has 0 bridgehead atoms.